The molecular weight excluding hydrogens is 283 g/mol. The van der Waals surface area contributed by atoms with Crippen molar-refractivity contribution in [2.75, 3.05) is 0 Å². The van der Waals surface area contributed by atoms with Crippen LogP contribution in [-0.2, 0) is 4.79 Å². The Morgan fingerprint density at radius 1 is 1.26 bits per heavy atom. The smallest absolute Gasteiger partial charge is 0.243 e. The number of hydrogen-bond acceptors (Lipinski definition) is 2. The van der Waals surface area contributed by atoms with Crippen molar-refractivity contribution in [3.8, 4) is 0 Å². The molecule has 3 fully saturated rings. The molecule has 2 heterocycles. The van der Waals surface area contributed by atoms with Crippen LogP contribution in [0.25, 0.3) is 0 Å². The van der Waals surface area contributed by atoms with Crippen molar-refractivity contribution in [3.63, 3.8) is 0 Å². The van der Waals surface area contributed by atoms with E-state index >= 15 is 0 Å². The van der Waals surface area contributed by atoms with Crippen LogP contribution < -0.4 is 5.84 Å². The monoisotopic (exact) mass is 307 g/mol. The van der Waals surface area contributed by atoms with Crippen molar-refractivity contribution in [2.45, 2.75) is 63.2 Å². The predicted octanol–water partition coefficient (Wildman–Crippen LogP) is 3.08. The second kappa shape index (κ2) is 4.63. The number of amides is 1. The highest BCUT2D eigenvalue weighted by molar-refractivity contribution is 6.52. The third-order valence-electron chi connectivity index (χ3n) is 7.13. The van der Waals surface area contributed by atoms with E-state index in [2.05, 4.69) is 31.6 Å². The van der Waals surface area contributed by atoms with Crippen molar-refractivity contribution in [3.05, 3.63) is 35.3 Å². The molecule has 0 spiro atoms. The zero-order chi connectivity index (χ0) is 15.7. The summed E-state index contributed by atoms with van der Waals surface area (Å²) < 4.78 is 0. The largest absolute Gasteiger partial charge is 0.277 e. The van der Waals surface area contributed by atoms with Crippen LogP contribution in [0.15, 0.2) is 35.3 Å². The second-order valence-corrected chi connectivity index (χ2v) is 8.18. The van der Waals surface area contributed by atoms with Gasteiger partial charge in [-0.25, -0.2) is 5.84 Å². The van der Waals surface area contributed by atoms with Gasteiger partial charge in [-0.1, -0.05) is 54.6 Å². The van der Waals surface area contributed by atoms with Gasteiger partial charge in [0.05, 0.1) is 5.41 Å². The molecule has 5 rings (SSSR count). The lowest BCUT2D eigenvalue weighted by molar-refractivity contribution is -0.140. The van der Waals surface area contributed by atoms with Gasteiger partial charge in [0.1, 0.15) is 0 Å². The molecule has 2 bridgehead atoms. The summed E-state index contributed by atoms with van der Waals surface area (Å²) in [4.78, 5) is 13.3. The van der Waals surface area contributed by atoms with Gasteiger partial charge in [0.2, 0.25) is 5.91 Å². The highest BCUT2D eigenvalue weighted by Crippen LogP contribution is 2.78. The van der Waals surface area contributed by atoms with Crippen molar-refractivity contribution in [1.82, 2.24) is 5.01 Å². The molecule has 3 atom stereocenters. The molecule has 0 aromatic carbocycles. The Hall–Kier alpha value is -1.29. The lowest BCUT2D eigenvalue weighted by atomic mass is 9.59. The van der Waals surface area contributed by atoms with Crippen LogP contribution >= 0.6 is 0 Å². The number of allylic oxidation sites excluding steroid dienone is 6. The van der Waals surface area contributed by atoms with E-state index in [1.165, 1.54) is 23.9 Å². The van der Waals surface area contributed by atoms with Gasteiger partial charge in [0.15, 0.2) is 7.28 Å². The number of nitrogens with zero attached hydrogens (tertiary/aromatic N) is 1. The van der Waals surface area contributed by atoms with Crippen molar-refractivity contribution in [2.24, 2.45) is 16.7 Å². The van der Waals surface area contributed by atoms with Crippen LogP contribution in [0.4, 0.5) is 0 Å². The first kappa shape index (κ1) is 14.1. The zero-order valence-corrected chi connectivity index (χ0v) is 13.6. The Labute approximate surface area is 138 Å². The third-order valence-corrected chi connectivity index (χ3v) is 7.13. The van der Waals surface area contributed by atoms with E-state index in [1.54, 1.807) is 5.01 Å². The van der Waals surface area contributed by atoms with Crippen LogP contribution in [0.3, 0.4) is 0 Å². The summed E-state index contributed by atoms with van der Waals surface area (Å²) in [6.45, 7) is 0. The molecule has 119 valence electrons. The molecule has 2 aliphatic heterocycles. The molecule has 1 amide bonds. The summed E-state index contributed by atoms with van der Waals surface area (Å²) in [7, 11) is 2.34. The van der Waals surface area contributed by atoms with Crippen LogP contribution in [0.1, 0.15) is 51.4 Å². The number of rotatable bonds is 3. The fraction of sp³-hybridized carbons (Fsp3) is 0.632. The molecule has 5 aliphatic rings. The molecule has 2 N–H and O–H groups in total. The highest BCUT2D eigenvalue weighted by Gasteiger charge is 2.76. The van der Waals surface area contributed by atoms with E-state index in [-0.39, 0.29) is 22.8 Å². The molecule has 23 heavy (non-hydrogen) atoms. The quantitative estimate of drug-likeness (QED) is 0.377. The number of carbonyl (C=O) groups is 1. The molecule has 0 aromatic heterocycles. The summed E-state index contributed by atoms with van der Waals surface area (Å²) in [6, 6.07) is 0.278. The van der Waals surface area contributed by atoms with Crippen LogP contribution in [0.5, 0.6) is 0 Å². The van der Waals surface area contributed by atoms with Gasteiger partial charge in [-0.2, -0.15) is 0 Å². The van der Waals surface area contributed by atoms with Gasteiger partial charge in [0, 0.05) is 11.5 Å². The maximum absolute atomic E-state index is 13.3. The minimum absolute atomic E-state index is 0.0867. The molecule has 3 unspecified atom stereocenters. The molecular formula is C19H24BN2O. The fourth-order valence-electron chi connectivity index (χ4n) is 5.90. The number of hydrogen-bond donors (Lipinski definition) is 1. The zero-order valence-electron chi connectivity index (χ0n) is 13.6. The van der Waals surface area contributed by atoms with Gasteiger partial charge in [0.25, 0.3) is 0 Å². The molecule has 4 heteroatoms. The molecule has 3 aliphatic carbocycles. The Morgan fingerprint density at radius 2 is 2.09 bits per heavy atom. The number of hydrazine groups is 1. The Kier molecular flexibility index (Phi) is 2.83. The third kappa shape index (κ3) is 1.73. The summed E-state index contributed by atoms with van der Waals surface area (Å²) in [5.74, 6) is 6.98. The number of carbonyl (C=O) groups excluding carboxylic acids is 1. The minimum atomic E-state index is -0.192. The maximum atomic E-state index is 13.3. The topological polar surface area (TPSA) is 46.3 Å². The summed E-state index contributed by atoms with van der Waals surface area (Å²) in [5.41, 5.74) is 2.70. The average Bonchev–Trinajstić information content (AvgIpc) is 3.01. The lowest BCUT2D eigenvalue weighted by Crippen LogP contribution is -2.48. The van der Waals surface area contributed by atoms with Gasteiger partial charge >= 0.3 is 0 Å². The molecule has 0 saturated heterocycles. The fourth-order valence-corrected chi connectivity index (χ4v) is 5.90. The first-order chi connectivity index (χ1) is 11.2. The molecule has 3 saturated carbocycles. The van der Waals surface area contributed by atoms with Crippen molar-refractivity contribution in [1.29, 1.82) is 0 Å². The Bertz CT molecular complexity index is 660. The van der Waals surface area contributed by atoms with E-state index in [0.717, 1.165) is 38.5 Å². The first-order valence-corrected chi connectivity index (χ1v) is 9.21. The SMILES string of the molecule is NN(C(=O)C12CCCC1(C1=CC3[B]C1=CC=C3)C2)C1CCCC1. The molecule has 0 aromatic rings. The first-order valence-electron chi connectivity index (χ1n) is 9.21. The predicted molar refractivity (Wildman–Crippen MR) is 91.4 cm³/mol. The lowest BCUT2D eigenvalue weighted by Gasteiger charge is -2.29. The van der Waals surface area contributed by atoms with Crippen molar-refractivity contribution < 1.29 is 4.79 Å². The highest BCUT2D eigenvalue weighted by atomic mass is 16.2. The Balaban J connectivity index is 1.45. The summed E-state index contributed by atoms with van der Waals surface area (Å²) in [6.07, 6.45) is 18.0. The van der Waals surface area contributed by atoms with Gasteiger partial charge in [-0.15, -0.1) is 0 Å². The number of fused-ring (bicyclic) bond motifs is 3. The van der Waals surface area contributed by atoms with Crippen LogP contribution in [0, 0.1) is 10.8 Å². The van der Waals surface area contributed by atoms with Gasteiger partial charge in [-0.3, -0.25) is 9.80 Å². The van der Waals surface area contributed by atoms with E-state index in [1.807, 2.05) is 0 Å². The van der Waals surface area contributed by atoms with E-state index in [4.69, 9.17) is 5.84 Å². The Morgan fingerprint density at radius 3 is 2.87 bits per heavy atom. The van der Waals surface area contributed by atoms with Crippen LogP contribution in [0.2, 0.25) is 5.82 Å². The van der Waals surface area contributed by atoms with E-state index in [0.29, 0.717) is 5.82 Å². The van der Waals surface area contributed by atoms with Crippen LogP contribution in [-0.4, -0.2) is 24.2 Å². The summed E-state index contributed by atoms with van der Waals surface area (Å²) in [5, 5.41) is 1.64. The summed E-state index contributed by atoms with van der Waals surface area (Å²) >= 11 is 0. The van der Waals surface area contributed by atoms with Gasteiger partial charge in [-0.05, 0) is 37.9 Å². The molecule has 1 radical (unpaired) electrons. The van der Waals surface area contributed by atoms with E-state index < -0.39 is 0 Å². The second-order valence-electron chi connectivity index (χ2n) is 8.18. The maximum Gasteiger partial charge on any atom is 0.243 e. The average molecular weight is 307 g/mol. The van der Waals surface area contributed by atoms with E-state index in [9.17, 15) is 4.79 Å². The number of nitrogens with two attached hydrogens (primary N) is 1. The normalized spacial score (nSPS) is 40.5. The standard InChI is InChI=1S/C19H24BN2O/c21-22(14-6-1-2-7-14)17(23)19-10-4-9-18(19,12-19)15-11-13-5-3-8-16(15)20-13/h3,5,8,11,13-14H,1-2,4,6-7,9-10,12,21H2. The minimum Gasteiger partial charge on any atom is -0.277 e. The molecule has 3 nitrogen and oxygen atoms in total. The van der Waals surface area contributed by atoms with Gasteiger partial charge < -0.3 is 0 Å². The van der Waals surface area contributed by atoms with Crippen molar-refractivity contribution >= 4 is 13.2 Å².